The van der Waals surface area contributed by atoms with E-state index in [1.165, 1.54) is 10.9 Å². The summed E-state index contributed by atoms with van der Waals surface area (Å²) in [6, 6.07) is 8.53. The number of aryl methyl sites for hydroxylation is 1. The van der Waals surface area contributed by atoms with Gasteiger partial charge < -0.3 is 9.88 Å². The SMILES string of the molecule is CCCNC(c1cccc2cnccc12)c1nccn1C. The molecule has 3 aromatic rings. The Labute approximate surface area is 124 Å². The zero-order chi connectivity index (χ0) is 14.7. The molecule has 0 aliphatic carbocycles. The fourth-order valence-corrected chi connectivity index (χ4v) is 2.68. The normalized spacial score (nSPS) is 12.7. The molecule has 0 aliphatic heterocycles. The van der Waals surface area contributed by atoms with E-state index in [1.807, 2.05) is 31.8 Å². The average molecular weight is 280 g/mol. The second kappa shape index (κ2) is 6.06. The first kappa shape index (κ1) is 13.8. The molecule has 0 radical (unpaired) electrons. The summed E-state index contributed by atoms with van der Waals surface area (Å²) in [6.45, 7) is 3.13. The minimum atomic E-state index is 0.0936. The highest BCUT2D eigenvalue weighted by molar-refractivity contribution is 5.85. The van der Waals surface area contributed by atoms with Gasteiger partial charge in [-0.25, -0.2) is 4.98 Å². The summed E-state index contributed by atoms with van der Waals surface area (Å²) >= 11 is 0. The molecule has 2 aromatic heterocycles. The molecule has 4 nitrogen and oxygen atoms in total. The van der Waals surface area contributed by atoms with E-state index in [-0.39, 0.29) is 6.04 Å². The van der Waals surface area contributed by atoms with E-state index >= 15 is 0 Å². The molecule has 0 spiro atoms. The Morgan fingerprint density at radius 1 is 1.24 bits per heavy atom. The van der Waals surface area contributed by atoms with Crippen molar-refractivity contribution < 1.29 is 0 Å². The van der Waals surface area contributed by atoms with E-state index < -0.39 is 0 Å². The molecular weight excluding hydrogens is 260 g/mol. The van der Waals surface area contributed by atoms with Crippen LogP contribution in [0.3, 0.4) is 0 Å². The fourth-order valence-electron chi connectivity index (χ4n) is 2.68. The summed E-state index contributed by atoms with van der Waals surface area (Å²) in [4.78, 5) is 8.75. The highest BCUT2D eigenvalue weighted by Crippen LogP contribution is 2.27. The minimum Gasteiger partial charge on any atom is -0.336 e. The molecule has 1 N–H and O–H groups in total. The largest absolute Gasteiger partial charge is 0.336 e. The Kier molecular flexibility index (Phi) is 3.97. The minimum absolute atomic E-state index is 0.0936. The van der Waals surface area contributed by atoms with Crippen LogP contribution in [0, 0.1) is 0 Å². The Hall–Kier alpha value is -2.20. The summed E-state index contributed by atoms with van der Waals surface area (Å²) in [5.41, 5.74) is 1.25. The van der Waals surface area contributed by atoms with Gasteiger partial charge in [-0.2, -0.15) is 0 Å². The van der Waals surface area contributed by atoms with Crippen molar-refractivity contribution in [3.63, 3.8) is 0 Å². The molecule has 0 fully saturated rings. The van der Waals surface area contributed by atoms with E-state index in [0.717, 1.165) is 24.2 Å². The summed E-state index contributed by atoms with van der Waals surface area (Å²) in [5.74, 6) is 1.03. The number of imidazole rings is 1. The van der Waals surface area contributed by atoms with Gasteiger partial charge in [0, 0.05) is 37.2 Å². The number of benzene rings is 1. The lowest BCUT2D eigenvalue weighted by Crippen LogP contribution is -2.26. The molecule has 2 heterocycles. The smallest absolute Gasteiger partial charge is 0.130 e. The molecule has 0 bridgehead atoms. The van der Waals surface area contributed by atoms with Gasteiger partial charge in [0.1, 0.15) is 5.82 Å². The Balaban J connectivity index is 2.12. The molecule has 0 aliphatic rings. The molecule has 4 heteroatoms. The summed E-state index contributed by atoms with van der Waals surface area (Å²) < 4.78 is 2.08. The number of nitrogens with zero attached hydrogens (tertiary/aromatic N) is 3. The number of hydrogen-bond donors (Lipinski definition) is 1. The van der Waals surface area contributed by atoms with Crippen LogP contribution in [0.1, 0.15) is 30.8 Å². The Bertz CT molecular complexity index is 727. The van der Waals surface area contributed by atoms with Crippen LogP contribution in [-0.2, 0) is 7.05 Å². The number of hydrogen-bond acceptors (Lipinski definition) is 3. The fraction of sp³-hybridized carbons (Fsp3) is 0.294. The van der Waals surface area contributed by atoms with Crippen LogP contribution in [0.5, 0.6) is 0 Å². The van der Waals surface area contributed by atoms with E-state index in [4.69, 9.17) is 0 Å². The van der Waals surface area contributed by atoms with Crippen molar-refractivity contribution in [1.82, 2.24) is 19.9 Å². The monoisotopic (exact) mass is 280 g/mol. The topological polar surface area (TPSA) is 42.7 Å². The number of fused-ring (bicyclic) bond motifs is 1. The first-order valence-electron chi connectivity index (χ1n) is 7.34. The maximum atomic E-state index is 4.54. The van der Waals surface area contributed by atoms with Crippen LogP contribution in [-0.4, -0.2) is 21.1 Å². The highest BCUT2D eigenvalue weighted by Gasteiger charge is 2.19. The van der Waals surface area contributed by atoms with Crippen LogP contribution in [0.25, 0.3) is 10.8 Å². The van der Waals surface area contributed by atoms with Crippen molar-refractivity contribution in [3.8, 4) is 0 Å². The molecule has 21 heavy (non-hydrogen) atoms. The van der Waals surface area contributed by atoms with E-state index in [9.17, 15) is 0 Å². The number of aromatic nitrogens is 3. The van der Waals surface area contributed by atoms with Gasteiger partial charge in [-0.05, 0) is 30.0 Å². The number of nitrogens with one attached hydrogen (secondary N) is 1. The lowest BCUT2D eigenvalue weighted by atomic mass is 9.99. The molecule has 1 aromatic carbocycles. The molecule has 1 atom stereocenters. The summed E-state index contributed by atoms with van der Waals surface area (Å²) in [5, 5.41) is 6.00. The third-order valence-electron chi connectivity index (χ3n) is 3.74. The van der Waals surface area contributed by atoms with Crippen molar-refractivity contribution in [2.75, 3.05) is 6.54 Å². The Morgan fingerprint density at radius 3 is 2.90 bits per heavy atom. The van der Waals surface area contributed by atoms with Gasteiger partial charge in [-0.15, -0.1) is 0 Å². The molecule has 0 saturated heterocycles. The van der Waals surface area contributed by atoms with Crippen molar-refractivity contribution in [3.05, 3.63) is 60.4 Å². The van der Waals surface area contributed by atoms with Gasteiger partial charge in [0.2, 0.25) is 0 Å². The highest BCUT2D eigenvalue weighted by atomic mass is 15.1. The second-order valence-electron chi connectivity index (χ2n) is 5.23. The van der Waals surface area contributed by atoms with E-state index in [1.54, 1.807) is 0 Å². The van der Waals surface area contributed by atoms with Gasteiger partial charge >= 0.3 is 0 Å². The second-order valence-corrected chi connectivity index (χ2v) is 5.23. The summed E-state index contributed by atoms with van der Waals surface area (Å²) in [6.07, 6.45) is 8.69. The van der Waals surface area contributed by atoms with Crippen LogP contribution in [0.15, 0.2) is 49.1 Å². The lowest BCUT2D eigenvalue weighted by Gasteiger charge is -2.20. The van der Waals surface area contributed by atoms with Gasteiger partial charge in [0.15, 0.2) is 0 Å². The van der Waals surface area contributed by atoms with Gasteiger partial charge in [-0.3, -0.25) is 4.98 Å². The van der Waals surface area contributed by atoms with Gasteiger partial charge in [0.05, 0.1) is 6.04 Å². The van der Waals surface area contributed by atoms with Crippen molar-refractivity contribution in [1.29, 1.82) is 0 Å². The number of rotatable bonds is 5. The van der Waals surface area contributed by atoms with Crippen LogP contribution in [0.4, 0.5) is 0 Å². The maximum Gasteiger partial charge on any atom is 0.130 e. The molecule has 0 amide bonds. The molecule has 1 unspecified atom stereocenters. The predicted molar refractivity (Wildman–Crippen MR) is 85.1 cm³/mol. The maximum absolute atomic E-state index is 4.54. The van der Waals surface area contributed by atoms with Crippen molar-refractivity contribution >= 4 is 10.8 Å². The first-order valence-corrected chi connectivity index (χ1v) is 7.34. The lowest BCUT2D eigenvalue weighted by molar-refractivity contribution is 0.558. The standard InChI is InChI=1S/C17H20N4/c1-3-8-19-16(17-20-10-11-21(17)2)15-6-4-5-13-12-18-9-7-14(13)15/h4-7,9-12,16,19H,3,8H2,1-2H3. The zero-order valence-corrected chi connectivity index (χ0v) is 12.5. The van der Waals surface area contributed by atoms with Crippen molar-refractivity contribution in [2.24, 2.45) is 7.05 Å². The van der Waals surface area contributed by atoms with E-state index in [2.05, 4.69) is 51.0 Å². The number of pyridine rings is 1. The van der Waals surface area contributed by atoms with E-state index in [0.29, 0.717) is 0 Å². The first-order chi connectivity index (χ1) is 10.3. The average Bonchev–Trinajstić information content (AvgIpc) is 2.94. The quantitative estimate of drug-likeness (QED) is 0.781. The molecular formula is C17H20N4. The van der Waals surface area contributed by atoms with Crippen LogP contribution >= 0.6 is 0 Å². The Morgan fingerprint density at radius 2 is 2.14 bits per heavy atom. The van der Waals surface area contributed by atoms with Crippen LogP contribution < -0.4 is 5.32 Å². The van der Waals surface area contributed by atoms with Gasteiger partial charge in [-0.1, -0.05) is 25.1 Å². The molecule has 108 valence electrons. The summed E-state index contributed by atoms with van der Waals surface area (Å²) in [7, 11) is 2.04. The molecule has 0 saturated carbocycles. The third kappa shape index (κ3) is 2.67. The third-order valence-corrected chi connectivity index (χ3v) is 3.74. The van der Waals surface area contributed by atoms with Crippen molar-refractivity contribution in [2.45, 2.75) is 19.4 Å². The van der Waals surface area contributed by atoms with Gasteiger partial charge in [0.25, 0.3) is 0 Å². The predicted octanol–water partition coefficient (Wildman–Crippen LogP) is 3.06. The molecule has 3 rings (SSSR count). The van der Waals surface area contributed by atoms with Crippen LogP contribution in [0.2, 0.25) is 0 Å². The zero-order valence-electron chi connectivity index (χ0n) is 12.5.